The number of ether oxygens (including phenoxy) is 1. The maximum absolute atomic E-state index is 11.7. The second-order valence-electron chi connectivity index (χ2n) is 5.21. The Hall–Kier alpha value is -1.10. The Morgan fingerprint density at radius 3 is 2.90 bits per heavy atom. The summed E-state index contributed by atoms with van der Waals surface area (Å²) in [6.07, 6.45) is 2.01. The molecular formula is C15H20ClNO3. The van der Waals surface area contributed by atoms with Gasteiger partial charge in [0.2, 0.25) is 5.91 Å². The number of rotatable bonds is 8. The summed E-state index contributed by atoms with van der Waals surface area (Å²) in [5.74, 6) is 0.524. The lowest BCUT2D eigenvalue weighted by Gasteiger charge is -2.12. The summed E-state index contributed by atoms with van der Waals surface area (Å²) in [7, 11) is 0. The minimum atomic E-state index is -0.663. The van der Waals surface area contributed by atoms with Gasteiger partial charge in [-0.1, -0.05) is 29.8 Å². The summed E-state index contributed by atoms with van der Waals surface area (Å²) in [4.78, 5) is 11.7. The number of amides is 1. The van der Waals surface area contributed by atoms with E-state index in [4.69, 9.17) is 16.3 Å². The van der Waals surface area contributed by atoms with Gasteiger partial charge >= 0.3 is 0 Å². The molecule has 0 bridgehead atoms. The van der Waals surface area contributed by atoms with Gasteiger partial charge in [0.15, 0.2) is 0 Å². The van der Waals surface area contributed by atoms with Crippen molar-refractivity contribution >= 4 is 17.5 Å². The predicted molar refractivity (Wildman–Crippen MR) is 77.7 cm³/mol. The van der Waals surface area contributed by atoms with Crippen LogP contribution in [0, 0.1) is 5.92 Å². The Bertz CT molecular complexity index is 448. The van der Waals surface area contributed by atoms with Gasteiger partial charge in [-0.05, 0) is 30.4 Å². The summed E-state index contributed by atoms with van der Waals surface area (Å²) in [5.41, 5.74) is 0.783. The second-order valence-corrected chi connectivity index (χ2v) is 5.61. The molecule has 0 aromatic heterocycles. The van der Waals surface area contributed by atoms with E-state index in [1.54, 1.807) is 6.07 Å². The average Bonchev–Trinajstić information content (AvgIpc) is 3.23. The van der Waals surface area contributed by atoms with Gasteiger partial charge < -0.3 is 15.2 Å². The van der Waals surface area contributed by atoms with Gasteiger partial charge in [-0.25, -0.2) is 0 Å². The van der Waals surface area contributed by atoms with Gasteiger partial charge in [-0.15, -0.1) is 0 Å². The first-order chi connectivity index (χ1) is 9.65. The van der Waals surface area contributed by atoms with E-state index in [0.29, 0.717) is 17.5 Å². The highest BCUT2D eigenvalue weighted by Crippen LogP contribution is 2.28. The van der Waals surface area contributed by atoms with Gasteiger partial charge in [0, 0.05) is 18.2 Å². The summed E-state index contributed by atoms with van der Waals surface area (Å²) in [6, 6.07) is 7.24. The molecule has 20 heavy (non-hydrogen) atoms. The maximum atomic E-state index is 11.7. The molecule has 1 atom stereocenters. The van der Waals surface area contributed by atoms with Crippen molar-refractivity contribution in [2.75, 3.05) is 19.8 Å². The highest BCUT2D eigenvalue weighted by molar-refractivity contribution is 6.31. The molecule has 4 nitrogen and oxygen atoms in total. The van der Waals surface area contributed by atoms with Crippen LogP contribution in [0.2, 0.25) is 5.02 Å². The topological polar surface area (TPSA) is 58.6 Å². The van der Waals surface area contributed by atoms with Gasteiger partial charge in [-0.3, -0.25) is 4.79 Å². The molecule has 1 aliphatic carbocycles. The van der Waals surface area contributed by atoms with Gasteiger partial charge in [-0.2, -0.15) is 0 Å². The molecule has 1 saturated carbocycles. The highest BCUT2D eigenvalue weighted by atomic mass is 35.5. The van der Waals surface area contributed by atoms with Gasteiger partial charge in [0.1, 0.15) is 0 Å². The third-order valence-corrected chi connectivity index (χ3v) is 3.57. The van der Waals surface area contributed by atoms with E-state index in [-0.39, 0.29) is 25.5 Å². The Morgan fingerprint density at radius 1 is 1.45 bits per heavy atom. The Kier molecular flexibility index (Phi) is 5.83. The van der Waals surface area contributed by atoms with Crippen LogP contribution in [0.4, 0.5) is 0 Å². The summed E-state index contributed by atoms with van der Waals surface area (Å²) >= 11 is 5.99. The second kappa shape index (κ2) is 7.62. The molecule has 0 aliphatic heterocycles. The van der Waals surface area contributed by atoms with E-state index in [2.05, 4.69) is 5.32 Å². The molecule has 1 aliphatic rings. The number of carbonyl (C=O) groups excluding carboxylic acids is 1. The van der Waals surface area contributed by atoms with Crippen molar-refractivity contribution in [2.45, 2.75) is 25.4 Å². The molecule has 0 saturated heterocycles. The third kappa shape index (κ3) is 5.49. The summed E-state index contributed by atoms with van der Waals surface area (Å²) in [5, 5.41) is 13.0. The highest BCUT2D eigenvalue weighted by Gasteiger charge is 2.21. The molecule has 1 unspecified atom stereocenters. The number of halogens is 1. The lowest BCUT2D eigenvalue weighted by molar-refractivity contribution is -0.121. The van der Waals surface area contributed by atoms with Crippen LogP contribution in [0.3, 0.4) is 0 Å². The van der Waals surface area contributed by atoms with Crippen molar-refractivity contribution in [1.82, 2.24) is 5.32 Å². The van der Waals surface area contributed by atoms with Crippen LogP contribution in [-0.2, 0) is 16.0 Å². The normalized spacial score (nSPS) is 15.9. The largest absolute Gasteiger partial charge is 0.389 e. The molecule has 0 spiro atoms. The van der Waals surface area contributed by atoms with Crippen molar-refractivity contribution in [3.63, 3.8) is 0 Å². The number of nitrogens with one attached hydrogen (secondary N) is 1. The minimum Gasteiger partial charge on any atom is -0.389 e. The first kappa shape index (κ1) is 15.3. The van der Waals surface area contributed by atoms with E-state index in [9.17, 15) is 9.90 Å². The molecule has 1 aromatic carbocycles. The predicted octanol–water partition coefficient (Wildman–Crippen LogP) is 1.79. The minimum absolute atomic E-state index is 0.153. The number of benzene rings is 1. The Morgan fingerprint density at radius 2 is 2.20 bits per heavy atom. The molecule has 1 amide bonds. The molecule has 0 radical (unpaired) electrons. The maximum Gasteiger partial charge on any atom is 0.224 e. The van der Waals surface area contributed by atoms with Crippen LogP contribution in [-0.4, -0.2) is 36.9 Å². The smallest absolute Gasteiger partial charge is 0.224 e. The van der Waals surface area contributed by atoms with E-state index in [0.717, 1.165) is 5.56 Å². The van der Waals surface area contributed by atoms with Crippen molar-refractivity contribution in [3.8, 4) is 0 Å². The Labute approximate surface area is 124 Å². The average molecular weight is 298 g/mol. The van der Waals surface area contributed by atoms with Crippen molar-refractivity contribution in [2.24, 2.45) is 5.92 Å². The number of hydrogen-bond donors (Lipinski definition) is 2. The molecule has 2 rings (SSSR count). The van der Waals surface area contributed by atoms with Crippen molar-refractivity contribution < 1.29 is 14.6 Å². The first-order valence-corrected chi connectivity index (χ1v) is 7.29. The van der Waals surface area contributed by atoms with Crippen LogP contribution < -0.4 is 5.32 Å². The zero-order valence-electron chi connectivity index (χ0n) is 11.3. The van der Waals surface area contributed by atoms with Crippen molar-refractivity contribution in [1.29, 1.82) is 0 Å². The monoisotopic (exact) mass is 297 g/mol. The first-order valence-electron chi connectivity index (χ1n) is 6.91. The lowest BCUT2D eigenvalue weighted by atomic mass is 10.1. The summed E-state index contributed by atoms with van der Waals surface area (Å²) in [6.45, 7) is 1.18. The quantitative estimate of drug-likeness (QED) is 0.769. The molecule has 1 fully saturated rings. The zero-order valence-corrected chi connectivity index (χ0v) is 12.1. The van der Waals surface area contributed by atoms with E-state index in [1.165, 1.54) is 12.8 Å². The van der Waals surface area contributed by atoms with E-state index in [1.807, 2.05) is 18.2 Å². The number of aliphatic hydroxyl groups is 1. The van der Waals surface area contributed by atoms with Crippen LogP contribution in [0.5, 0.6) is 0 Å². The van der Waals surface area contributed by atoms with Crippen LogP contribution in [0.25, 0.3) is 0 Å². The fourth-order valence-corrected chi connectivity index (χ4v) is 2.03. The fraction of sp³-hybridized carbons (Fsp3) is 0.533. The molecule has 1 aromatic rings. The number of hydrogen-bond acceptors (Lipinski definition) is 3. The fourth-order valence-electron chi connectivity index (χ4n) is 1.82. The van der Waals surface area contributed by atoms with Crippen LogP contribution >= 0.6 is 11.6 Å². The van der Waals surface area contributed by atoms with Crippen molar-refractivity contribution in [3.05, 3.63) is 34.9 Å². The molecule has 0 heterocycles. The molecule has 2 N–H and O–H groups in total. The number of aliphatic hydroxyl groups excluding tert-OH is 1. The third-order valence-electron chi connectivity index (χ3n) is 3.20. The standard InChI is InChI=1S/C15H20ClNO3/c16-14-4-2-1-3-12(14)7-15(19)17-8-13(18)10-20-9-11-5-6-11/h1-4,11,13,18H,5-10H2,(H,17,19). The Balaban J connectivity index is 1.62. The SMILES string of the molecule is O=C(Cc1ccccc1Cl)NCC(O)COCC1CC1. The van der Waals surface area contributed by atoms with Crippen LogP contribution in [0.15, 0.2) is 24.3 Å². The molecular weight excluding hydrogens is 278 g/mol. The molecule has 110 valence electrons. The van der Waals surface area contributed by atoms with E-state index >= 15 is 0 Å². The van der Waals surface area contributed by atoms with Gasteiger partial charge in [0.25, 0.3) is 0 Å². The van der Waals surface area contributed by atoms with Crippen LogP contribution in [0.1, 0.15) is 18.4 Å². The van der Waals surface area contributed by atoms with Gasteiger partial charge in [0.05, 0.1) is 19.1 Å². The zero-order chi connectivity index (χ0) is 14.4. The number of carbonyl (C=O) groups is 1. The molecule has 5 heteroatoms. The lowest BCUT2D eigenvalue weighted by Crippen LogP contribution is -2.35. The summed E-state index contributed by atoms with van der Waals surface area (Å²) < 4.78 is 5.37. The van der Waals surface area contributed by atoms with E-state index < -0.39 is 6.10 Å².